The fourth-order valence-corrected chi connectivity index (χ4v) is 2.06. The quantitative estimate of drug-likeness (QED) is 0.525. The SMILES string of the molecule is CC(C)C1(C)CCS1. The van der Waals surface area contributed by atoms with Gasteiger partial charge in [0, 0.05) is 4.75 Å². The highest BCUT2D eigenvalue weighted by molar-refractivity contribution is 8.02. The summed E-state index contributed by atoms with van der Waals surface area (Å²) in [5, 5.41) is 0. The molecule has 0 amide bonds. The van der Waals surface area contributed by atoms with Crippen molar-refractivity contribution >= 4 is 11.8 Å². The van der Waals surface area contributed by atoms with Crippen LogP contribution in [0.1, 0.15) is 27.2 Å². The van der Waals surface area contributed by atoms with E-state index in [1.54, 1.807) is 0 Å². The first-order valence-electron chi connectivity index (χ1n) is 3.29. The lowest BCUT2D eigenvalue weighted by Gasteiger charge is -2.41. The van der Waals surface area contributed by atoms with Crippen LogP contribution in [-0.2, 0) is 0 Å². The summed E-state index contributed by atoms with van der Waals surface area (Å²) in [6.45, 7) is 6.99. The molecule has 1 fully saturated rings. The van der Waals surface area contributed by atoms with Gasteiger partial charge in [-0.25, -0.2) is 0 Å². The molecule has 1 aliphatic rings. The van der Waals surface area contributed by atoms with Crippen LogP contribution < -0.4 is 0 Å². The van der Waals surface area contributed by atoms with E-state index < -0.39 is 0 Å². The van der Waals surface area contributed by atoms with Gasteiger partial charge in [0.2, 0.25) is 0 Å². The lowest BCUT2D eigenvalue weighted by Crippen LogP contribution is -2.36. The van der Waals surface area contributed by atoms with Crippen LogP contribution in [0.15, 0.2) is 0 Å². The van der Waals surface area contributed by atoms with Crippen LogP contribution in [0.25, 0.3) is 0 Å². The fraction of sp³-hybridized carbons (Fsp3) is 1.00. The number of hydrogen-bond donors (Lipinski definition) is 0. The topological polar surface area (TPSA) is 0 Å². The Bertz CT molecular complexity index is 82.4. The summed E-state index contributed by atoms with van der Waals surface area (Å²) in [7, 11) is 0. The summed E-state index contributed by atoms with van der Waals surface area (Å²) in [6.07, 6.45) is 1.43. The molecule has 1 unspecified atom stereocenters. The van der Waals surface area contributed by atoms with Gasteiger partial charge in [0.1, 0.15) is 0 Å². The van der Waals surface area contributed by atoms with E-state index in [4.69, 9.17) is 0 Å². The minimum Gasteiger partial charge on any atom is -0.155 e. The van der Waals surface area contributed by atoms with Crippen molar-refractivity contribution in [3.8, 4) is 0 Å². The van der Waals surface area contributed by atoms with Gasteiger partial charge < -0.3 is 0 Å². The molecule has 0 radical (unpaired) electrons. The van der Waals surface area contributed by atoms with Gasteiger partial charge in [-0.15, -0.1) is 0 Å². The van der Waals surface area contributed by atoms with Crippen LogP contribution in [0, 0.1) is 5.92 Å². The Labute approximate surface area is 56.0 Å². The van der Waals surface area contributed by atoms with E-state index in [9.17, 15) is 0 Å². The van der Waals surface area contributed by atoms with Gasteiger partial charge in [-0.05, 0) is 18.1 Å². The summed E-state index contributed by atoms with van der Waals surface area (Å²) in [4.78, 5) is 0. The van der Waals surface area contributed by atoms with E-state index >= 15 is 0 Å². The van der Waals surface area contributed by atoms with Gasteiger partial charge in [-0.2, -0.15) is 11.8 Å². The van der Waals surface area contributed by atoms with Crippen molar-refractivity contribution in [2.45, 2.75) is 31.9 Å². The zero-order valence-electron chi connectivity index (χ0n) is 5.90. The van der Waals surface area contributed by atoms with Crippen molar-refractivity contribution in [1.29, 1.82) is 0 Å². The van der Waals surface area contributed by atoms with Crippen LogP contribution in [0.5, 0.6) is 0 Å². The summed E-state index contributed by atoms with van der Waals surface area (Å²) in [6, 6.07) is 0. The van der Waals surface area contributed by atoms with E-state index in [1.807, 2.05) is 0 Å². The predicted molar refractivity (Wildman–Crippen MR) is 40.3 cm³/mol. The Hall–Kier alpha value is 0.350. The second-order valence-electron chi connectivity index (χ2n) is 3.07. The second-order valence-corrected chi connectivity index (χ2v) is 4.70. The molecule has 0 spiro atoms. The minimum absolute atomic E-state index is 0.639. The zero-order valence-corrected chi connectivity index (χ0v) is 6.72. The fourth-order valence-electron chi connectivity index (χ4n) is 0.879. The monoisotopic (exact) mass is 130 g/mol. The maximum atomic E-state index is 2.37. The Morgan fingerprint density at radius 2 is 2.00 bits per heavy atom. The van der Waals surface area contributed by atoms with Crippen LogP contribution in [0.4, 0.5) is 0 Å². The first-order chi connectivity index (χ1) is 3.65. The molecule has 1 atom stereocenters. The van der Waals surface area contributed by atoms with Crippen molar-refractivity contribution in [2.75, 3.05) is 5.75 Å². The second kappa shape index (κ2) is 1.94. The van der Waals surface area contributed by atoms with Gasteiger partial charge in [0.15, 0.2) is 0 Å². The molecule has 0 aromatic rings. The molecule has 0 bridgehead atoms. The number of hydrogen-bond acceptors (Lipinski definition) is 1. The van der Waals surface area contributed by atoms with Crippen molar-refractivity contribution in [1.82, 2.24) is 0 Å². The molecule has 1 heteroatoms. The lowest BCUT2D eigenvalue weighted by molar-refractivity contribution is 0.433. The zero-order chi connectivity index (χ0) is 6.20. The van der Waals surface area contributed by atoms with Crippen molar-refractivity contribution in [3.05, 3.63) is 0 Å². The van der Waals surface area contributed by atoms with Crippen LogP contribution in [-0.4, -0.2) is 10.5 Å². The summed E-state index contributed by atoms with van der Waals surface area (Å²) < 4.78 is 0.639. The molecule has 1 aliphatic heterocycles. The van der Waals surface area contributed by atoms with Crippen molar-refractivity contribution in [3.63, 3.8) is 0 Å². The lowest BCUT2D eigenvalue weighted by atomic mass is 9.93. The summed E-state index contributed by atoms with van der Waals surface area (Å²) in [5.41, 5.74) is 0. The Morgan fingerprint density at radius 3 is 2.00 bits per heavy atom. The highest BCUT2D eigenvalue weighted by Gasteiger charge is 2.35. The molecule has 48 valence electrons. The molecule has 0 aliphatic carbocycles. The maximum absolute atomic E-state index is 2.37. The van der Waals surface area contributed by atoms with E-state index in [1.165, 1.54) is 12.2 Å². The minimum atomic E-state index is 0.639. The van der Waals surface area contributed by atoms with Gasteiger partial charge in [-0.3, -0.25) is 0 Å². The third kappa shape index (κ3) is 0.883. The van der Waals surface area contributed by atoms with Crippen LogP contribution in [0.2, 0.25) is 0 Å². The molecule has 1 rings (SSSR count). The number of rotatable bonds is 1. The Balaban J connectivity index is 2.41. The number of thioether (sulfide) groups is 1. The smallest absolute Gasteiger partial charge is 0.0162 e. The highest BCUT2D eigenvalue weighted by Crippen LogP contribution is 2.45. The molecule has 0 saturated carbocycles. The van der Waals surface area contributed by atoms with Gasteiger partial charge in [0.05, 0.1) is 0 Å². The largest absolute Gasteiger partial charge is 0.155 e. The van der Waals surface area contributed by atoms with Crippen LogP contribution in [0.3, 0.4) is 0 Å². The third-order valence-corrected chi connectivity index (χ3v) is 3.99. The molecular weight excluding hydrogens is 116 g/mol. The van der Waals surface area contributed by atoms with E-state index in [-0.39, 0.29) is 0 Å². The van der Waals surface area contributed by atoms with Gasteiger partial charge >= 0.3 is 0 Å². The van der Waals surface area contributed by atoms with Gasteiger partial charge in [0.25, 0.3) is 0 Å². The molecule has 0 N–H and O–H groups in total. The molecule has 0 nitrogen and oxygen atoms in total. The normalized spacial score (nSPS) is 37.5. The Morgan fingerprint density at radius 1 is 1.50 bits per heavy atom. The molecule has 8 heavy (non-hydrogen) atoms. The predicted octanol–water partition coefficient (Wildman–Crippen LogP) is 2.54. The van der Waals surface area contributed by atoms with Crippen molar-refractivity contribution in [2.24, 2.45) is 5.92 Å². The van der Waals surface area contributed by atoms with Crippen molar-refractivity contribution < 1.29 is 0 Å². The molecule has 1 heterocycles. The first kappa shape index (κ1) is 6.47. The maximum Gasteiger partial charge on any atom is 0.0162 e. The van der Waals surface area contributed by atoms with Gasteiger partial charge in [-0.1, -0.05) is 20.8 Å². The standard InChI is InChI=1S/C7H14S/c1-6(2)7(3)4-5-8-7/h6H,4-5H2,1-3H3. The van der Waals surface area contributed by atoms with Crippen LogP contribution >= 0.6 is 11.8 Å². The first-order valence-corrected chi connectivity index (χ1v) is 4.28. The average molecular weight is 130 g/mol. The van der Waals surface area contributed by atoms with E-state index in [0.717, 1.165) is 5.92 Å². The van der Waals surface area contributed by atoms with E-state index in [0.29, 0.717) is 4.75 Å². The molecule has 1 saturated heterocycles. The summed E-state index contributed by atoms with van der Waals surface area (Å²) >= 11 is 2.12. The Kier molecular flexibility index (Phi) is 1.57. The highest BCUT2D eigenvalue weighted by atomic mass is 32.2. The van der Waals surface area contributed by atoms with E-state index in [2.05, 4.69) is 32.5 Å². The average Bonchev–Trinajstić information content (AvgIpc) is 1.60. The molecule has 0 aromatic heterocycles. The molecule has 0 aromatic carbocycles. The summed E-state index contributed by atoms with van der Waals surface area (Å²) in [5.74, 6) is 2.25. The third-order valence-electron chi connectivity index (χ3n) is 2.25. The molecular formula is C7H14S.